The van der Waals surface area contributed by atoms with Gasteiger partial charge in [-0.2, -0.15) is 0 Å². The summed E-state index contributed by atoms with van der Waals surface area (Å²) in [5.74, 6) is 2.13. The summed E-state index contributed by atoms with van der Waals surface area (Å²) in [6, 6.07) is 0. The molecular formula is C22H34N2O4. The first-order chi connectivity index (χ1) is 13.7. The lowest BCUT2D eigenvalue weighted by Gasteiger charge is -2.43. The van der Waals surface area contributed by atoms with Crippen LogP contribution in [0.2, 0.25) is 0 Å². The SMILES string of the molecule is CON1C=CC23CC(CCN4CCOCC4)CC[C@H]2OC2=C3C(C[C@H](O)C2)C1. The van der Waals surface area contributed by atoms with E-state index in [-0.39, 0.29) is 17.6 Å². The van der Waals surface area contributed by atoms with Crippen LogP contribution in [0.5, 0.6) is 0 Å². The predicted octanol–water partition coefficient (Wildman–Crippen LogP) is 2.31. The summed E-state index contributed by atoms with van der Waals surface area (Å²) < 4.78 is 12.0. The van der Waals surface area contributed by atoms with E-state index in [1.165, 1.54) is 31.4 Å². The average Bonchev–Trinajstić information content (AvgIpc) is 2.94. The Morgan fingerprint density at radius 2 is 2.14 bits per heavy atom. The normalized spacial score (nSPS) is 40.7. The molecule has 0 radical (unpaired) electrons. The summed E-state index contributed by atoms with van der Waals surface area (Å²) in [5, 5.41) is 12.4. The van der Waals surface area contributed by atoms with Crippen molar-refractivity contribution in [1.82, 2.24) is 9.96 Å². The average molecular weight is 391 g/mol. The Bertz CT molecular complexity index is 644. The van der Waals surface area contributed by atoms with Crippen LogP contribution >= 0.6 is 0 Å². The quantitative estimate of drug-likeness (QED) is 0.795. The molecule has 2 aliphatic carbocycles. The van der Waals surface area contributed by atoms with Crippen molar-refractivity contribution in [1.29, 1.82) is 0 Å². The molecule has 0 aromatic rings. The molecule has 6 heteroatoms. The molecule has 0 aromatic carbocycles. The van der Waals surface area contributed by atoms with Crippen LogP contribution in [0.4, 0.5) is 0 Å². The van der Waals surface area contributed by atoms with E-state index in [4.69, 9.17) is 14.3 Å². The zero-order valence-electron chi connectivity index (χ0n) is 17.0. The number of hydrogen-bond donors (Lipinski definition) is 1. The fourth-order valence-corrected chi connectivity index (χ4v) is 6.30. The van der Waals surface area contributed by atoms with E-state index < -0.39 is 0 Å². The molecule has 0 aromatic heterocycles. The highest BCUT2D eigenvalue weighted by Crippen LogP contribution is 2.59. The molecule has 156 valence electrons. The number of hydroxylamine groups is 2. The number of aliphatic hydroxyl groups is 1. The lowest BCUT2D eigenvalue weighted by atomic mass is 9.60. The molecule has 1 spiro atoms. The maximum Gasteiger partial charge on any atom is 0.111 e. The molecule has 28 heavy (non-hydrogen) atoms. The Morgan fingerprint density at radius 3 is 2.96 bits per heavy atom. The first kappa shape index (κ1) is 18.9. The fourth-order valence-electron chi connectivity index (χ4n) is 6.30. The second-order valence-electron chi connectivity index (χ2n) is 9.26. The third kappa shape index (κ3) is 3.28. The number of ether oxygens (including phenoxy) is 2. The third-order valence-electron chi connectivity index (χ3n) is 7.64. The Labute approximate surface area is 168 Å². The van der Waals surface area contributed by atoms with Gasteiger partial charge in [-0.1, -0.05) is 6.08 Å². The van der Waals surface area contributed by atoms with Crippen LogP contribution < -0.4 is 0 Å². The van der Waals surface area contributed by atoms with E-state index in [0.717, 1.165) is 57.4 Å². The summed E-state index contributed by atoms with van der Waals surface area (Å²) in [4.78, 5) is 8.13. The van der Waals surface area contributed by atoms with Crippen molar-refractivity contribution in [3.8, 4) is 0 Å². The van der Waals surface area contributed by atoms with Gasteiger partial charge in [0.1, 0.15) is 6.10 Å². The van der Waals surface area contributed by atoms with Crippen LogP contribution in [0.15, 0.2) is 23.6 Å². The van der Waals surface area contributed by atoms with E-state index in [1.54, 1.807) is 7.11 Å². The lowest BCUT2D eigenvalue weighted by molar-refractivity contribution is -0.0967. The van der Waals surface area contributed by atoms with Crippen molar-refractivity contribution in [3.05, 3.63) is 23.6 Å². The van der Waals surface area contributed by atoms with Crippen LogP contribution in [-0.2, 0) is 14.3 Å². The van der Waals surface area contributed by atoms with Gasteiger partial charge in [0.15, 0.2) is 0 Å². The van der Waals surface area contributed by atoms with E-state index in [9.17, 15) is 5.11 Å². The van der Waals surface area contributed by atoms with Crippen molar-refractivity contribution in [2.24, 2.45) is 17.3 Å². The largest absolute Gasteiger partial charge is 0.493 e. The molecule has 5 rings (SSSR count). The van der Waals surface area contributed by atoms with Crippen molar-refractivity contribution in [2.75, 3.05) is 46.5 Å². The van der Waals surface area contributed by atoms with Gasteiger partial charge in [-0.25, -0.2) is 0 Å². The summed E-state index contributed by atoms with van der Waals surface area (Å²) >= 11 is 0. The second-order valence-corrected chi connectivity index (χ2v) is 9.26. The monoisotopic (exact) mass is 390 g/mol. The minimum atomic E-state index is -0.296. The van der Waals surface area contributed by atoms with Gasteiger partial charge >= 0.3 is 0 Å². The Kier molecular flexibility index (Phi) is 5.16. The van der Waals surface area contributed by atoms with Gasteiger partial charge in [-0.05, 0) is 50.1 Å². The molecular weight excluding hydrogens is 356 g/mol. The predicted molar refractivity (Wildman–Crippen MR) is 105 cm³/mol. The van der Waals surface area contributed by atoms with E-state index in [0.29, 0.717) is 12.3 Å². The fraction of sp³-hybridized carbons (Fsp3) is 0.818. The molecule has 0 amide bonds. The Hall–Kier alpha value is -1.08. The van der Waals surface area contributed by atoms with Gasteiger partial charge < -0.3 is 14.6 Å². The van der Waals surface area contributed by atoms with Crippen LogP contribution in [0, 0.1) is 17.3 Å². The van der Waals surface area contributed by atoms with Crippen LogP contribution in [-0.4, -0.2) is 73.8 Å². The standard InChI is InChI=1S/C22H34N2O4/c1-26-24-7-5-22-14-16(4-6-23-8-10-27-11-9-23)2-3-20(22)28-19-13-18(25)12-17(15-24)21(19)22/h5,7,16-18,20,25H,2-4,6,8-15H2,1H3/t16?,17?,18-,20+,22?/m0/s1. The summed E-state index contributed by atoms with van der Waals surface area (Å²) in [6.45, 7) is 5.88. The van der Waals surface area contributed by atoms with E-state index >= 15 is 0 Å². The third-order valence-corrected chi connectivity index (χ3v) is 7.64. The molecule has 6 nitrogen and oxygen atoms in total. The highest BCUT2D eigenvalue weighted by molar-refractivity contribution is 5.38. The van der Waals surface area contributed by atoms with Crippen LogP contribution in [0.3, 0.4) is 0 Å². The van der Waals surface area contributed by atoms with Crippen molar-refractivity contribution in [3.63, 3.8) is 0 Å². The summed E-state index contributed by atoms with van der Waals surface area (Å²) in [6.07, 6.45) is 10.7. The van der Waals surface area contributed by atoms with Crippen LogP contribution in [0.1, 0.15) is 38.5 Å². The number of aliphatic hydroxyl groups excluding tert-OH is 1. The molecule has 5 aliphatic rings. The van der Waals surface area contributed by atoms with Gasteiger partial charge in [0.05, 0.1) is 44.1 Å². The van der Waals surface area contributed by atoms with Crippen molar-refractivity contribution >= 4 is 0 Å². The van der Waals surface area contributed by atoms with Gasteiger partial charge in [0.2, 0.25) is 0 Å². The number of morpholine rings is 1. The molecule has 1 saturated carbocycles. The molecule has 0 bridgehead atoms. The molecule has 1 saturated heterocycles. The molecule has 3 unspecified atom stereocenters. The van der Waals surface area contributed by atoms with Gasteiger partial charge in [0.25, 0.3) is 0 Å². The van der Waals surface area contributed by atoms with Crippen molar-refractivity contribution in [2.45, 2.75) is 50.7 Å². The number of hydrogen-bond acceptors (Lipinski definition) is 6. The first-order valence-corrected chi connectivity index (χ1v) is 11.1. The van der Waals surface area contributed by atoms with E-state index in [1.807, 2.05) is 5.06 Å². The lowest BCUT2D eigenvalue weighted by Crippen LogP contribution is -2.42. The maximum absolute atomic E-state index is 10.4. The molecule has 2 fully saturated rings. The number of nitrogens with zero attached hydrogens (tertiary/aromatic N) is 2. The minimum Gasteiger partial charge on any atom is -0.493 e. The van der Waals surface area contributed by atoms with Gasteiger partial charge in [-0.15, -0.1) is 0 Å². The summed E-state index contributed by atoms with van der Waals surface area (Å²) in [5.41, 5.74) is 1.48. The zero-order valence-corrected chi connectivity index (χ0v) is 17.0. The topological polar surface area (TPSA) is 54.4 Å². The van der Waals surface area contributed by atoms with E-state index in [2.05, 4.69) is 17.2 Å². The second kappa shape index (κ2) is 7.63. The highest BCUT2D eigenvalue weighted by Gasteiger charge is 2.56. The molecule has 3 aliphatic heterocycles. The minimum absolute atomic E-state index is 0.00134. The Balaban J connectivity index is 1.37. The first-order valence-electron chi connectivity index (χ1n) is 11.1. The molecule has 5 atom stereocenters. The maximum atomic E-state index is 10.4. The van der Waals surface area contributed by atoms with Crippen LogP contribution in [0.25, 0.3) is 0 Å². The van der Waals surface area contributed by atoms with Crippen molar-refractivity contribution < 1.29 is 19.4 Å². The number of rotatable bonds is 4. The Morgan fingerprint density at radius 1 is 1.29 bits per heavy atom. The molecule has 1 N–H and O–H groups in total. The summed E-state index contributed by atoms with van der Waals surface area (Å²) in [7, 11) is 1.73. The zero-order chi connectivity index (χ0) is 19.1. The smallest absolute Gasteiger partial charge is 0.111 e. The van der Waals surface area contributed by atoms with Gasteiger partial charge in [0, 0.05) is 31.6 Å². The van der Waals surface area contributed by atoms with Gasteiger partial charge in [-0.3, -0.25) is 14.8 Å². The molecule has 3 heterocycles. The highest BCUT2D eigenvalue weighted by atomic mass is 16.7.